The van der Waals surface area contributed by atoms with E-state index >= 15 is 0 Å². The van der Waals surface area contributed by atoms with Gasteiger partial charge in [-0.2, -0.15) is 0 Å². The second kappa shape index (κ2) is 6.35. The molecular weight excluding hydrogens is 158 g/mol. The summed E-state index contributed by atoms with van der Waals surface area (Å²) in [6.45, 7) is 2.07. The van der Waals surface area contributed by atoms with E-state index in [1.54, 1.807) is 0 Å². The summed E-state index contributed by atoms with van der Waals surface area (Å²) in [5, 5.41) is 8.47. The molecule has 0 aromatic carbocycles. The largest absolute Gasteiger partial charge is 0.696 e. The van der Waals surface area contributed by atoms with Crippen LogP contribution in [-0.4, -0.2) is 31.1 Å². The Morgan fingerprint density at radius 3 is 2.55 bits per heavy atom. The first kappa shape index (κ1) is 10.6. The summed E-state index contributed by atoms with van der Waals surface area (Å²) in [6.07, 6.45) is 2.63. The molecule has 1 heterocycles. The summed E-state index contributed by atoms with van der Waals surface area (Å²) >= 11 is 3.70. The number of hydrogen-bond acceptors (Lipinski definition) is 4. The Morgan fingerprint density at radius 2 is 2.36 bits per heavy atom. The molecule has 1 saturated heterocycles. The van der Waals surface area contributed by atoms with Crippen molar-refractivity contribution in [1.29, 1.82) is 5.26 Å². The van der Waals surface area contributed by atoms with Crippen molar-refractivity contribution in [3.05, 3.63) is 0 Å². The second-order valence-electron chi connectivity index (χ2n) is 2.60. The highest BCUT2D eigenvalue weighted by Gasteiger charge is 2.17. The molecule has 1 aliphatic heterocycles. The zero-order valence-corrected chi connectivity index (χ0v) is 7.60. The Kier molecular flexibility index (Phi) is 6.13. The van der Waals surface area contributed by atoms with Gasteiger partial charge in [0.1, 0.15) is 0 Å². The Morgan fingerprint density at radius 1 is 1.82 bits per heavy atom. The molecule has 0 bridgehead atoms. The standard InChI is InChI=1S/C6H14N2.CHNS/c1-8-4-2-3-6(8)5-7;2-1-3/h6H,2-5,7H2,1H3;3H/p-1. The third-order valence-corrected chi connectivity index (χ3v) is 1.94. The van der Waals surface area contributed by atoms with Crippen LogP contribution >= 0.6 is 0 Å². The highest BCUT2D eigenvalue weighted by molar-refractivity contribution is 7.64. The van der Waals surface area contributed by atoms with Crippen LogP contribution in [0.4, 0.5) is 0 Å². The SMILES string of the molecule is CN1CCCC1CN.N#C[S-]. The fraction of sp³-hybridized carbons (Fsp3) is 0.857. The Labute approximate surface area is 73.6 Å². The lowest BCUT2D eigenvalue weighted by Crippen LogP contribution is -2.31. The lowest BCUT2D eigenvalue weighted by molar-refractivity contribution is 0.317. The van der Waals surface area contributed by atoms with Crippen LogP contribution in [0.2, 0.25) is 0 Å². The molecule has 2 N–H and O–H groups in total. The maximum Gasteiger partial charge on any atom is 0.0215 e. The van der Waals surface area contributed by atoms with Crippen LogP contribution in [0, 0.1) is 10.7 Å². The molecule has 64 valence electrons. The van der Waals surface area contributed by atoms with E-state index in [0.29, 0.717) is 6.04 Å². The number of nitrogens with zero attached hydrogens (tertiary/aromatic N) is 2. The second-order valence-corrected chi connectivity index (χ2v) is 2.79. The van der Waals surface area contributed by atoms with Gasteiger partial charge >= 0.3 is 0 Å². The summed E-state index contributed by atoms with van der Waals surface area (Å²) in [5.74, 6) is 0. The number of likely N-dealkylation sites (N-methyl/N-ethyl adjacent to an activating group) is 1. The van der Waals surface area contributed by atoms with Crippen LogP contribution in [0.15, 0.2) is 0 Å². The quantitative estimate of drug-likeness (QED) is 0.448. The van der Waals surface area contributed by atoms with Crippen molar-refractivity contribution in [3.63, 3.8) is 0 Å². The number of nitriles is 1. The minimum atomic E-state index is 0.676. The molecule has 3 nitrogen and oxygen atoms in total. The number of rotatable bonds is 1. The summed E-state index contributed by atoms with van der Waals surface area (Å²) in [5.41, 5.74) is 5.48. The number of likely N-dealkylation sites (tertiary alicyclic amines) is 1. The van der Waals surface area contributed by atoms with Gasteiger partial charge < -0.3 is 23.3 Å². The zero-order chi connectivity index (χ0) is 8.69. The topological polar surface area (TPSA) is 53.0 Å². The van der Waals surface area contributed by atoms with E-state index in [-0.39, 0.29) is 0 Å². The predicted molar refractivity (Wildman–Crippen MR) is 47.7 cm³/mol. The highest BCUT2D eigenvalue weighted by Crippen LogP contribution is 2.12. The maximum absolute atomic E-state index is 7.13. The molecule has 0 aliphatic carbocycles. The van der Waals surface area contributed by atoms with Gasteiger partial charge in [-0.15, -0.1) is 0 Å². The first-order chi connectivity index (χ1) is 5.26. The van der Waals surface area contributed by atoms with E-state index in [1.807, 2.05) is 0 Å². The van der Waals surface area contributed by atoms with Gasteiger partial charge in [-0.3, -0.25) is 0 Å². The van der Waals surface area contributed by atoms with Gasteiger partial charge in [0.2, 0.25) is 0 Å². The summed E-state index contributed by atoms with van der Waals surface area (Å²) < 4.78 is 0. The molecule has 0 amide bonds. The Balaban J connectivity index is 0.000000292. The molecule has 1 fully saturated rings. The van der Waals surface area contributed by atoms with Crippen molar-refractivity contribution in [3.8, 4) is 5.40 Å². The average Bonchev–Trinajstić information content (AvgIpc) is 2.36. The Hall–Kier alpha value is -0.370. The van der Waals surface area contributed by atoms with Crippen molar-refractivity contribution in [2.45, 2.75) is 18.9 Å². The van der Waals surface area contributed by atoms with Crippen LogP contribution in [0.1, 0.15) is 12.8 Å². The van der Waals surface area contributed by atoms with Gasteiger partial charge in [0.05, 0.1) is 0 Å². The molecule has 1 rings (SSSR count). The van der Waals surface area contributed by atoms with E-state index in [2.05, 4.69) is 24.6 Å². The zero-order valence-electron chi connectivity index (χ0n) is 6.79. The smallest absolute Gasteiger partial charge is 0.0215 e. The summed E-state index contributed by atoms with van der Waals surface area (Å²) in [4.78, 5) is 2.33. The van der Waals surface area contributed by atoms with Gasteiger partial charge in [-0.1, -0.05) is 5.40 Å². The van der Waals surface area contributed by atoms with Crippen LogP contribution in [0.3, 0.4) is 0 Å². The first-order valence-electron chi connectivity index (χ1n) is 3.67. The molecule has 1 unspecified atom stereocenters. The van der Waals surface area contributed by atoms with Crippen LogP contribution in [-0.2, 0) is 12.6 Å². The van der Waals surface area contributed by atoms with Gasteiger partial charge in [0.25, 0.3) is 0 Å². The van der Waals surface area contributed by atoms with Crippen molar-refractivity contribution >= 4 is 12.6 Å². The van der Waals surface area contributed by atoms with Gasteiger partial charge in [-0.25, -0.2) is 5.26 Å². The third-order valence-electron chi connectivity index (χ3n) is 1.94. The van der Waals surface area contributed by atoms with Crippen molar-refractivity contribution in [2.75, 3.05) is 20.1 Å². The average molecular weight is 172 g/mol. The van der Waals surface area contributed by atoms with E-state index in [9.17, 15) is 0 Å². The fourth-order valence-electron chi connectivity index (χ4n) is 1.28. The molecule has 11 heavy (non-hydrogen) atoms. The molecule has 1 aliphatic rings. The van der Waals surface area contributed by atoms with Gasteiger partial charge in [0.15, 0.2) is 0 Å². The maximum atomic E-state index is 7.13. The van der Waals surface area contributed by atoms with Gasteiger partial charge in [0, 0.05) is 12.6 Å². The molecule has 0 saturated carbocycles. The molecule has 0 radical (unpaired) electrons. The molecular formula is C7H14N3S-. The van der Waals surface area contributed by atoms with E-state index in [4.69, 9.17) is 11.0 Å². The number of hydrogen-bond donors (Lipinski definition) is 1. The van der Waals surface area contributed by atoms with Crippen molar-refractivity contribution < 1.29 is 0 Å². The van der Waals surface area contributed by atoms with Crippen molar-refractivity contribution in [1.82, 2.24) is 4.90 Å². The lowest BCUT2D eigenvalue weighted by atomic mass is 10.2. The van der Waals surface area contributed by atoms with Crippen molar-refractivity contribution in [2.24, 2.45) is 5.73 Å². The minimum Gasteiger partial charge on any atom is -0.696 e. The normalized spacial score (nSPS) is 23.5. The van der Waals surface area contributed by atoms with E-state index < -0.39 is 0 Å². The van der Waals surface area contributed by atoms with Crippen LogP contribution in [0.5, 0.6) is 0 Å². The minimum absolute atomic E-state index is 0.676. The highest BCUT2D eigenvalue weighted by atomic mass is 32.1. The van der Waals surface area contributed by atoms with E-state index in [0.717, 1.165) is 6.54 Å². The fourth-order valence-corrected chi connectivity index (χ4v) is 1.28. The third kappa shape index (κ3) is 4.14. The number of thiocyanates is 1. The molecule has 0 aromatic heterocycles. The van der Waals surface area contributed by atoms with Crippen LogP contribution in [0.25, 0.3) is 0 Å². The number of nitrogens with two attached hydrogens (primary N) is 1. The monoisotopic (exact) mass is 172 g/mol. The summed E-state index contributed by atoms with van der Waals surface area (Å²) in [6, 6.07) is 0.676. The first-order valence-corrected chi connectivity index (χ1v) is 4.08. The molecule has 1 atom stereocenters. The summed E-state index contributed by atoms with van der Waals surface area (Å²) in [7, 11) is 2.14. The molecule has 0 spiro atoms. The Bertz CT molecular complexity index is 132. The lowest BCUT2D eigenvalue weighted by Gasteiger charge is -2.15. The van der Waals surface area contributed by atoms with Gasteiger partial charge in [-0.05, 0) is 26.4 Å². The molecule has 4 heteroatoms. The van der Waals surface area contributed by atoms with Crippen LogP contribution < -0.4 is 5.73 Å². The molecule has 0 aromatic rings. The van der Waals surface area contributed by atoms with E-state index in [1.165, 1.54) is 24.8 Å². The predicted octanol–water partition coefficient (Wildman–Crippen LogP) is 0.0537.